The van der Waals surface area contributed by atoms with Gasteiger partial charge in [-0.2, -0.15) is 0 Å². The molecule has 0 saturated carbocycles. The van der Waals surface area contributed by atoms with E-state index in [0.29, 0.717) is 6.54 Å². The van der Waals surface area contributed by atoms with Crippen molar-refractivity contribution in [1.82, 2.24) is 15.3 Å². The number of carbonyl (C=O) groups excluding carboxylic acids is 1. The minimum absolute atomic E-state index is 0.0549. The fourth-order valence-electron chi connectivity index (χ4n) is 1.90. The van der Waals surface area contributed by atoms with Crippen molar-refractivity contribution in [3.63, 3.8) is 0 Å². The van der Waals surface area contributed by atoms with E-state index >= 15 is 0 Å². The first-order valence-corrected chi connectivity index (χ1v) is 7.83. The number of aromatic carboxylic acids is 1. The Morgan fingerprint density at radius 2 is 2.18 bits per heavy atom. The van der Waals surface area contributed by atoms with Crippen molar-refractivity contribution in [2.24, 2.45) is 0 Å². The molecule has 1 amide bonds. The molecule has 0 bridgehead atoms. The molecule has 22 heavy (non-hydrogen) atoms. The second kappa shape index (κ2) is 7.65. The van der Waals surface area contributed by atoms with E-state index in [4.69, 9.17) is 5.11 Å². The highest BCUT2D eigenvalue weighted by atomic mass is 32.1. The summed E-state index contributed by atoms with van der Waals surface area (Å²) in [6, 6.07) is 2.63. The number of aromatic nitrogens is 2. The molecule has 2 aromatic rings. The molecule has 2 aromatic heterocycles. The van der Waals surface area contributed by atoms with Crippen LogP contribution >= 0.6 is 11.3 Å². The Bertz CT molecular complexity index is 670. The van der Waals surface area contributed by atoms with E-state index in [1.54, 1.807) is 11.3 Å². The molecule has 0 unspecified atom stereocenters. The van der Waals surface area contributed by atoms with E-state index in [-0.39, 0.29) is 17.2 Å². The third-order valence-electron chi connectivity index (χ3n) is 3.01. The average Bonchev–Trinajstić information content (AvgIpc) is 2.92. The Morgan fingerprint density at radius 3 is 2.86 bits per heavy atom. The Morgan fingerprint density at radius 1 is 1.36 bits per heavy atom. The Labute approximate surface area is 132 Å². The zero-order chi connectivity index (χ0) is 15.9. The summed E-state index contributed by atoms with van der Waals surface area (Å²) < 4.78 is 0. The molecule has 7 heteroatoms. The minimum atomic E-state index is -1.07. The first-order valence-electron chi connectivity index (χ1n) is 6.95. The van der Waals surface area contributed by atoms with Crippen LogP contribution in [0.25, 0.3) is 0 Å². The molecular formula is C15H17N3O3S. The van der Waals surface area contributed by atoms with Crippen LogP contribution in [-0.2, 0) is 6.42 Å². The van der Waals surface area contributed by atoms with Gasteiger partial charge in [0.1, 0.15) is 5.69 Å². The van der Waals surface area contributed by atoms with E-state index in [1.807, 2.05) is 12.3 Å². The van der Waals surface area contributed by atoms with Crippen molar-refractivity contribution in [2.45, 2.75) is 26.2 Å². The number of nitrogens with zero attached hydrogens (tertiary/aromatic N) is 2. The number of pyridine rings is 1. The van der Waals surface area contributed by atoms with Gasteiger partial charge < -0.3 is 10.4 Å². The quantitative estimate of drug-likeness (QED) is 0.764. The molecule has 116 valence electrons. The lowest BCUT2D eigenvalue weighted by Crippen LogP contribution is -2.25. The van der Waals surface area contributed by atoms with E-state index in [9.17, 15) is 9.59 Å². The number of amides is 1. The smallest absolute Gasteiger partial charge is 0.335 e. The maximum Gasteiger partial charge on any atom is 0.335 e. The van der Waals surface area contributed by atoms with Crippen LogP contribution in [0.4, 0.5) is 0 Å². The lowest BCUT2D eigenvalue weighted by molar-refractivity contribution is 0.0696. The van der Waals surface area contributed by atoms with Crippen LogP contribution in [-0.4, -0.2) is 33.5 Å². The maximum absolute atomic E-state index is 11.9. The van der Waals surface area contributed by atoms with Gasteiger partial charge in [-0.15, -0.1) is 11.3 Å². The van der Waals surface area contributed by atoms with Crippen LogP contribution in [0.2, 0.25) is 0 Å². The molecule has 2 rings (SSSR count). The van der Waals surface area contributed by atoms with Crippen LogP contribution in [0.5, 0.6) is 0 Å². The first-order chi connectivity index (χ1) is 10.6. The summed E-state index contributed by atoms with van der Waals surface area (Å²) in [6.07, 6.45) is 4.00. The lowest BCUT2D eigenvalue weighted by Gasteiger charge is -2.04. The minimum Gasteiger partial charge on any atom is -0.478 e. The molecule has 0 fully saturated rings. The monoisotopic (exact) mass is 319 g/mol. The van der Waals surface area contributed by atoms with Gasteiger partial charge in [0.2, 0.25) is 0 Å². The lowest BCUT2D eigenvalue weighted by atomic mass is 10.2. The fourth-order valence-corrected chi connectivity index (χ4v) is 2.72. The summed E-state index contributed by atoms with van der Waals surface area (Å²) in [5.74, 6) is -1.43. The number of thiazole rings is 1. The summed E-state index contributed by atoms with van der Waals surface area (Å²) in [4.78, 5) is 31.0. The molecule has 0 atom stereocenters. The van der Waals surface area contributed by atoms with Crippen LogP contribution in [0.1, 0.15) is 44.4 Å². The van der Waals surface area contributed by atoms with Crippen molar-refractivity contribution in [3.05, 3.63) is 45.7 Å². The van der Waals surface area contributed by atoms with Gasteiger partial charge >= 0.3 is 5.97 Å². The van der Waals surface area contributed by atoms with Gasteiger partial charge in [0.25, 0.3) is 5.91 Å². The van der Waals surface area contributed by atoms with Crippen molar-refractivity contribution < 1.29 is 14.7 Å². The summed E-state index contributed by atoms with van der Waals surface area (Å²) in [5, 5.41) is 14.8. The molecule has 2 N–H and O–H groups in total. The summed E-state index contributed by atoms with van der Waals surface area (Å²) >= 11 is 1.65. The summed E-state index contributed by atoms with van der Waals surface area (Å²) in [5.41, 5.74) is 1.22. The average molecular weight is 319 g/mol. The number of hydrogen-bond acceptors (Lipinski definition) is 5. The molecule has 0 aromatic carbocycles. The number of hydrogen-bond donors (Lipinski definition) is 2. The molecule has 0 saturated heterocycles. The largest absolute Gasteiger partial charge is 0.478 e. The molecule has 2 heterocycles. The number of nitrogens with one attached hydrogen (secondary N) is 1. The summed E-state index contributed by atoms with van der Waals surface area (Å²) in [6.45, 7) is 2.50. The first kappa shape index (κ1) is 16.1. The molecule has 0 spiro atoms. The topological polar surface area (TPSA) is 92.2 Å². The van der Waals surface area contributed by atoms with Crippen molar-refractivity contribution in [3.8, 4) is 0 Å². The van der Waals surface area contributed by atoms with Gasteiger partial charge in [-0.25, -0.2) is 9.78 Å². The molecule has 0 radical (unpaired) electrons. The maximum atomic E-state index is 11.9. The predicted octanol–water partition coefficient (Wildman–Crippen LogP) is 2.30. The fraction of sp³-hybridized carbons (Fsp3) is 0.333. The summed E-state index contributed by atoms with van der Waals surface area (Å²) in [7, 11) is 0. The third kappa shape index (κ3) is 4.63. The zero-order valence-corrected chi connectivity index (χ0v) is 13.0. The Balaban J connectivity index is 1.73. The molecule has 0 aliphatic carbocycles. The van der Waals surface area contributed by atoms with Gasteiger partial charge in [0.05, 0.1) is 10.6 Å². The zero-order valence-electron chi connectivity index (χ0n) is 12.2. The van der Waals surface area contributed by atoms with Crippen LogP contribution < -0.4 is 5.32 Å². The number of aryl methyl sites for hydroxylation is 2. The molecule has 6 nitrogen and oxygen atoms in total. The number of carbonyl (C=O) groups is 2. The van der Waals surface area contributed by atoms with Crippen LogP contribution in [0.3, 0.4) is 0 Å². The van der Waals surface area contributed by atoms with E-state index < -0.39 is 5.97 Å². The standard InChI is InChI=1S/C15H17N3O3S/c1-10-9-22-13(18-10)4-2-3-6-17-14(19)12-8-11(15(20)21)5-7-16-12/h5,7-9H,2-4,6H2,1H3,(H,17,19)(H,20,21). The normalized spacial score (nSPS) is 10.4. The molecular weight excluding hydrogens is 302 g/mol. The number of unbranched alkanes of at least 4 members (excludes halogenated alkanes) is 1. The second-order valence-electron chi connectivity index (χ2n) is 4.83. The number of rotatable bonds is 7. The van der Waals surface area contributed by atoms with Gasteiger partial charge in [-0.3, -0.25) is 9.78 Å². The SMILES string of the molecule is Cc1csc(CCCCNC(=O)c2cc(C(=O)O)ccn2)n1. The Kier molecular flexibility index (Phi) is 5.60. The van der Waals surface area contributed by atoms with E-state index in [2.05, 4.69) is 15.3 Å². The van der Waals surface area contributed by atoms with Crippen molar-refractivity contribution in [2.75, 3.05) is 6.54 Å². The van der Waals surface area contributed by atoms with Crippen LogP contribution in [0, 0.1) is 6.92 Å². The highest BCUT2D eigenvalue weighted by molar-refractivity contribution is 7.09. The van der Waals surface area contributed by atoms with E-state index in [1.165, 1.54) is 18.3 Å². The third-order valence-corrected chi connectivity index (χ3v) is 4.04. The Hall–Kier alpha value is -2.28. The highest BCUT2D eigenvalue weighted by Gasteiger charge is 2.10. The number of carboxylic acid groups (broad SMARTS) is 1. The molecule has 0 aliphatic heterocycles. The van der Waals surface area contributed by atoms with E-state index in [0.717, 1.165) is 30.0 Å². The second-order valence-corrected chi connectivity index (χ2v) is 5.77. The van der Waals surface area contributed by atoms with Gasteiger partial charge in [-0.05, 0) is 38.3 Å². The van der Waals surface area contributed by atoms with Crippen molar-refractivity contribution in [1.29, 1.82) is 0 Å². The van der Waals surface area contributed by atoms with Gasteiger partial charge in [-0.1, -0.05) is 0 Å². The number of carboxylic acids is 1. The predicted molar refractivity (Wildman–Crippen MR) is 83.3 cm³/mol. The van der Waals surface area contributed by atoms with Crippen LogP contribution in [0.15, 0.2) is 23.7 Å². The van der Waals surface area contributed by atoms with Crippen molar-refractivity contribution >= 4 is 23.2 Å². The molecule has 0 aliphatic rings. The highest BCUT2D eigenvalue weighted by Crippen LogP contribution is 2.11. The van der Waals surface area contributed by atoms with Gasteiger partial charge in [0.15, 0.2) is 0 Å². The van der Waals surface area contributed by atoms with Gasteiger partial charge in [0, 0.05) is 23.8 Å².